The Morgan fingerprint density at radius 3 is 2.80 bits per heavy atom. The van der Waals surface area contributed by atoms with Crippen LogP contribution in [0.25, 0.3) is 0 Å². The molecule has 1 rings (SSSR count). The van der Waals surface area contributed by atoms with Gasteiger partial charge in [-0.15, -0.1) is 0 Å². The Labute approximate surface area is 91.8 Å². The first-order valence-electron chi connectivity index (χ1n) is 5.77. The van der Waals surface area contributed by atoms with Gasteiger partial charge >= 0.3 is 0 Å². The molecule has 1 atom stereocenters. The Balaban J connectivity index is 2.04. The summed E-state index contributed by atoms with van der Waals surface area (Å²) in [6.07, 6.45) is 3.74. The third kappa shape index (κ3) is 5.14. The van der Waals surface area contributed by atoms with E-state index in [1.165, 1.54) is 12.8 Å². The van der Waals surface area contributed by atoms with Crippen molar-refractivity contribution >= 4 is 5.91 Å². The molecule has 1 aliphatic rings. The number of amides is 1. The fourth-order valence-electron chi connectivity index (χ4n) is 1.72. The molecule has 15 heavy (non-hydrogen) atoms. The molecule has 0 aromatic rings. The van der Waals surface area contributed by atoms with Crippen LogP contribution in [0.15, 0.2) is 0 Å². The molecule has 1 fully saturated rings. The van der Waals surface area contributed by atoms with E-state index in [2.05, 4.69) is 17.6 Å². The molecule has 0 aliphatic heterocycles. The van der Waals surface area contributed by atoms with Gasteiger partial charge in [-0.3, -0.25) is 4.79 Å². The zero-order chi connectivity index (χ0) is 11.1. The second-order valence-electron chi connectivity index (χ2n) is 4.08. The maximum atomic E-state index is 11.4. The van der Waals surface area contributed by atoms with Crippen molar-refractivity contribution in [3.05, 3.63) is 0 Å². The predicted molar refractivity (Wildman–Crippen MR) is 59.7 cm³/mol. The van der Waals surface area contributed by atoms with Gasteiger partial charge in [0.1, 0.15) is 0 Å². The highest BCUT2D eigenvalue weighted by Gasteiger charge is 2.29. The highest BCUT2D eigenvalue weighted by molar-refractivity contribution is 5.77. The van der Waals surface area contributed by atoms with E-state index in [0.29, 0.717) is 25.7 Å². The van der Waals surface area contributed by atoms with Gasteiger partial charge in [0, 0.05) is 19.7 Å². The SMILES string of the molecule is CCC(NCC(=O)NCCOC)C1CC1. The molecule has 1 unspecified atom stereocenters. The van der Waals surface area contributed by atoms with Gasteiger partial charge < -0.3 is 15.4 Å². The maximum absolute atomic E-state index is 11.4. The van der Waals surface area contributed by atoms with Gasteiger partial charge in [-0.05, 0) is 25.2 Å². The largest absolute Gasteiger partial charge is 0.383 e. The second-order valence-corrected chi connectivity index (χ2v) is 4.08. The fraction of sp³-hybridized carbons (Fsp3) is 0.909. The predicted octanol–water partition coefficient (Wildman–Crippen LogP) is 0.527. The van der Waals surface area contributed by atoms with E-state index in [4.69, 9.17) is 4.74 Å². The van der Waals surface area contributed by atoms with Gasteiger partial charge in [0.25, 0.3) is 0 Å². The van der Waals surface area contributed by atoms with Gasteiger partial charge in [-0.25, -0.2) is 0 Å². The number of nitrogens with one attached hydrogen (secondary N) is 2. The number of carbonyl (C=O) groups excluding carboxylic acids is 1. The smallest absolute Gasteiger partial charge is 0.234 e. The van der Waals surface area contributed by atoms with Crippen molar-refractivity contribution in [2.75, 3.05) is 26.8 Å². The van der Waals surface area contributed by atoms with E-state index >= 15 is 0 Å². The number of hydrogen-bond acceptors (Lipinski definition) is 3. The van der Waals surface area contributed by atoms with Crippen LogP contribution < -0.4 is 10.6 Å². The first-order chi connectivity index (χ1) is 7.27. The summed E-state index contributed by atoms with van der Waals surface area (Å²) in [5.41, 5.74) is 0. The number of rotatable bonds is 8. The second kappa shape index (κ2) is 6.80. The minimum absolute atomic E-state index is 0.0613. The van der Waals surface area contributed by atoms with Crippen molar-refractivity contribution in [1.82, 2.24) is 10.6 Å². The van der Waals surface area contributed by atoms with Gasteiger partial charge in [0.2, 0.25) is 5.91 Å². The van der Waals surface area contributed by atoms with Crippen LogP contribution in [0.4, 0.5) is 0 Å². The molecule has 0 aromatic carbocycles. The Hall–Kier alpha value is -0.610. The van der Waals surface area contributed by atoms with E-state index in [-0.39, 0.29) is 5.91 Å². The summed E-state index contributed by atoms with van der Waals surface area (Å²) < 4.78 is 4.85. The molecule has 1 amide bonds. The minimum Gasteiger partial charge on any atom is -0.383 e. The van der Waals surface area contributed by atoms with Gasteiger partial charge in [0.05, 0.1) is 13.2 Å². The standard InChI is InChI=1S/C11H22N2O2/c1-3-10(9-4-5-9)13-8-11(14)12-6-7-15-2/h9-10,13H,3-8H2,1-2H3,(H,12,14). The average Bonchev–Trinajstić information content (AvgIpc) is 3.03. The third-order valence-corrected chi connectivity index (χ3v) is 2.78. The summed E-state index contributed by atoms with van der Waals surface area (Å²) in [6, 6.07) is 0.526. The van der Waals surface area contributed by atoms with Crippen molar-refractivity contribution in [1.29, 1.82) is 0 Å². The highest BCUT2D eigenvalue weighted by atomic mass is 16.5. The van der Waals surface area contributed by atoms with Gasteiger partial charge in [0.15, 0.2) is 0 Å². The van der Waals surface area contributed by atoms with Crippen LogP contribution in [0.5, 0.6) is 0 Å². The molecular formula is C11H22N2O2. The van der Waals surface area contributed by atoms with Crippen LogP contribution in [0.3, 0.4) is 0 Å². The molecule has 0 bridgehead atoms. The zero-order valence-corrected chi connectivity index (χ0v) is 9.71. The summed E-state index contributed by atoms with van der Waals surface area (Å²) in [6.45, 7) is 3.76. The molecule has 2 N–H and O–H groups in total. The van der Waals surface area contributed by atoms with E-state index in [9.17, 15) is 4.79 Å². The fourth-order valence-corrected chi connectivity index (χ4v) is 1.72. The summed E-state index contributed by atoms with van der Waals surface area (Å²) in [5, 5.41) is 6.10. The van der Waals surface area contributed by atoms with E-state index in [0.717, 1.165) is 12.3 Å². The van der Waals surface area contributed by atoms with Crippen LogP contribution in [-0.4, -0.2) is 38.8 Å². The number of methoxy groups -OCH3 is 1. The normalized spacial score (nSPS) is 17.5. The average molecular weight is 214 g/mol. The van der Waals surface area contributed by atoms with E-state index < -0.39 is 0 Å². The topological polar surface area (TPSA) is 50.4 Å². The lowest BCUT2D eigenvalue weighted by Gasteiger charge is -2.15. The molecule has 4 heteroatoms. The van der Waals surface area contributed by atoms with Gasteiger partial charge in [-0.2, -0.15) is 0 Å². The lowest BCUT2D eigenvalue weighted by Crippen LogP contribution is -2.40. The molecule has 1 aliphatic carbocycles. The Morgan fingerprint density at radius 1 is 1.53 bits per heavy atom. The zero-order valence-electron chi connectivity index (χ0n) is 9.71. The van der Waals surface area contributed by atoms with Crippen molar-refractivity contribution in [3.63, 3.8) is 0 Å². The monoisotopic (exact) mass is 214 g/mol. The summed E-state index contributed by atoms with van der Waals surface area (Å²) in [7, 11) is 1.63. The summed E-state index contributed by atoms with van der Waals surface area (Å²) >= 11 is 0. The number of hydrogen-bond donors (Lipinski definition) is 2. The minimum atomic E-state index is 0.0613. The van der Waals surface area contributed by atoms with Crippen LogP contribution in [-0.2, 0) is 9.53 Å². The lowest BCUT2D eigenvalue weighted by atomic mass is 10.1. The van der Waals surface area contributed by atoms with Crippen LogP contribution in [0, 0.1) is 5.92 Å². The maximum Gasteiger partial charge on any atom is 0.234 e. The van der Waals surface area contributed by atoms with Crippen molar-refractivity contribution in [3.8, 4) is 0 Å². The molecule has 88 valence electrons. The van der Waals surface area contributed by atoms with Crippen molar-refractivity contribution in [2.24, 2.45) is 5.92 Å². The quantitative estimate of drug-likeness (QED) is 0.579. The molecule has 0 heterocycles. The molecule has 1 saturated carbocycles. The van der Waals surface area contributed by atoms with Crippen LogP contribution >= 0.6 is 0 Å². The van der Waals surface area contributed by atoms with Crippen molar-refractivity contribution in [2.45, 2.75) is 32.2 Å². The lowest BCUT2D eigenvalue weighted by molar-refractivity contribution is -0.120. The van der Waals surface area contributed by atoms with E-state index in [1.807, 2.05) is 0 Å². The first kappa shape index (κ1) is 12.5. The molecule has 0 saturated heterocycles. The molecule has 4 nitrogen and oxygen atoms in total. The van der Waals surface area contributed by atoms with Crippen LogP contribution in [0.1, 0.15) is 26.2 Å². The third-order valence-electron chi connectivity index (χ3n) is 2.78. The summed E-state index contributed by atoms with van der Waals surface area (Å²) in [5.74, 6) is 0.868. The number of carbonyl (C=O) groups is 1. The van der Waals surface area contributed by atoms with Crippen molar-refractivity contribution < 1.29 is 9.53 Å². The summed E-state index contributed by atoms with van der Waals surface area (Å²) in [4.78, 5) is 11.4. The Morgan fingerprint density at radius 2 is 2.27 bits per heavy atom. The molecule has 0 radical (unpaired) electrons. The van der Waals surface area contributed by atoms with E-state index in [1.54, 1.807) is 7.11 Å². The molecule has 0 aromatic heterocycles. The Bertz CT molecular complexity index is 193. The Kier molecular flexibility index (Phi) is 5.65. The van der Waals surface area contributed by atoms with Crippen LogP contribution in [0.2, 0.25) is 0 Å². The number of ether oxygens (including phenoxy) is 1. The van der Waals surface area contributed by atoms with Gasteiger partial charge in [-0.1, -0.05) is 6.92 Å². The first-order valence-corrected chi connectivity index (χ1v) is 5.77. The molecule has 0 spiro atoms. The molecular weight excluding hydrogens is 192 g/mol. The highest BCUT2D eigenvalue weighted by Crippen LogP contribution is 2.33.